The van der Waals surface area contributed by atoms with Gasteiger partial charge in [-0.25, -0.2) is 4.98 Å². The van der Waals surface area contributed by atoms with E-state index in [2.05, 4.69) is 43.7 Å². The van der Waals surface area contributed by atoms with E-state index in [9.17, 15) is 0 Å². The molecule has 3 nitrogen and oxygen atoms in total. The molecule has 0 amide bonds. The van der Waals surface area contributed by atoms with Gasteiger partial charge in [0.15, 0.2) is 10.8 Å². The molecular weight excluding hydrogens is 286 g/mol. The zero-order valence-electron chi connectivity index (χ0n) is 9.19. The van der Waals surface area contributed by atoms with Crippen LogP contribution in [0, 0.1) is 0 Å². The molecular formula is C11H14BrN3S. The molecule has 1 aliphatic rings. The van der Waals surface area contributed by atoms with Crippen molar-refractivity contribution in [1.29, 1.82) is 0 Å². The highest BCUT2D eigenvalue weighted by Gasteiger charge is 2.26. The molecule has 1 atom stereocenters. The minimum absolute atomic E-state index is 0.627. The molecule has 0 N–H and O–H groups in total. The number of imidazole rings is 1. The summed E-state index contributed by atoms with van der Waals surface area (Å²) < 4.78 is 2.19. The summed E-state index contributed by atoms with van der Waals surface area (Å²) in [7, 11) is 0. The van der Waals surface area contributed by atoms with Crippen molar-refractivity contribution in [3.63, 3.8) is 0 Å². The summed E-state index contributed by atoms with van der Waals surface area (Å²) in [6, 6.07) is 0.627. The molecule has 0 saturated carbocycles. The molecule has 1 unspecified atom stereocenters. The lowest BCUT2D eigenvalue weighted by Gasteiger charge is -2.22. The average molecular weight is 300 g/mol. The summed E-state index contributed by atoms with van der Waals surface area (Å²) in [6.45, 7) is 3.43. The van der Waals surface area contributed by atoms with Gasteiger partial charge in [0.2, 0.25) is 0 Å². The van der Waals surface area contributed by atoms with E-state index in [1.165, 1.54) is 24.4 Å². The molecule has 1 fully saturated rings. The zero-order chi connectivity index (χ0) is 11.1. The van der Waals surface area contributed by atoms with Gasteiger partial charge in [0.1, 0.15) is 0 Å². The van der Waals surface area contributed by atoms with E-state index < -0.39 is 0 Å². The van der Waals surface area contributed by atoms with E-state index in [1.807, 2.05) is 0 Å². The van der Waals surface area contributed by atoms with Crippen LogP contribution in [-0.2, 0) is 5.33 Å². The van der Waals surface area contributed by atoms with Crippen molar-refractivity contribution >= 4 is 38.0 Å². The summed E-state index contributed by atoms with van der Waals surface area (Å²) in [4.78, 5) is 8.29. The van der Waals surface area contributed by atoms with Gasteiger partial charge in [-0.3, -0.25) is 4.40 Å². The van der Waals surface area contributed by atoms with Crippen molar-refractivity contribution in [3.8, 4) is 0 Å². The monoisotopic (exact) mass is 299 g/mol. The maximum absolute atomic E-state index is 4.75. The van der Waals surface area contributed by atoms with Crippen LogP contribution in [0.25, 0.3) is 4.96 Å². The topological polar surface area (TPSA) is 20.5 Å². The predicted octanol–water partition coefficient (Wildman–Crippen LogP) is 3.28. The second-order valence-electron chi connectivity index (χ2n) is 4.26. The third-order valence-electron chi connectivity index (χ3n) is 3.29. The van der Waals surface area contributed by atoms with Gasteiger partial charge in [-0.05, 0) is 19.8 Å². The third-order valence-corrected chi connectivity index (χ3v) is 4.58. The average Bonchev–Trinajstić information content (AvgIpc) is 2.90. The summed E-state index contributed by atoms with van der Waals surface area (Å²) >= 11 is 5.28. The van der Waals surface area contributed by atoms with Crippen molar-refractivity contribution in [2.24, 2.45) is 0 Å². The van der Waals surface area contributed by atoms with Gasteiger partial charge in [0.05, 0.1) is 5.69 Å². The molecule has 0 aliphatic carbocycles. The minimum atomic E-state index is 0.627. The van der Waals surface area contributed by atoms with E-state index in [0.29, 0.717) is 6.04 Å². The fourth-order valence-corrected chi connectivity index (χ4v) is 3.67. The molecule has 0 bridgehead atoms. The quantitative estimate of drug-likeness (QED) is 0.793. The lowest BCUT2D eigenvalue weighted by Crippen LogP contribution is -2.27. The van der Waals surface area contributed by atoms with E-state index in [4.69, 9.17) is 4.98 Å². The van der Waals surface area contributed by atoms with Gasteiger partial charge >= 0.3 is 0 Å². The fraction of sp³-hybridized carbons (Fsp3) is 0.545. The number of alkyl halides is 1. The Hall–Kier alpha value is -0.550. The third kappa shape index (κ3) is 1.49. The van der Waals surface area contributed by atoms with Crippen LogP contribution in [-0.4, -0.2) is 22.0 Å². The molecule has 0 aromatic carbocycles. The van der Waals surface area contributed by atoms with Crippen LogP contribution < -0.4 is 4.90 Å². The van der Waals surface area contributed by atoms with Crippen LogP contribution in [0.1, 0.15) is 25.5 Å². The number of hydrogen-bond donors (Lipinski definition) is 0. The number of thiazole rings is 1. The second-order valence-corrected chi connectivity index (χ2v) is 5.69. The molecule has 3 rings (SSSR count). The van der Waals surface area contributed by atoms with Gasteiger partial charge in [-0.1, -0.05) is 15.9 Å². The summed E-state index contributed by atoms with van der Waals surface area (Å²) in [5, 5.41) is 2.95. The Kier molecular flexibility index (Phi) is 2.67. The Morgan fingerprint density at radius 1 is 1.62 bits per heavy atom. The Morgan fingerprint density at radius 3 is 3.19 bits per heavy atom. The van der Waals surface area contributed by atoms with Crippen molar-refractivity contribution in [2.45, 2.75) is 31.1 Å². The minimum Gasteiger partial charge on any atom is -0.352 e. The SMILES string of the molecule is CC1CCCN1c1nc2sccn2c1CBr. The van der Waals surface area contributed by atoms with Gasteiger partial charge in [0.25, 0.3) is 0 Å². The van der Waals surface area contributed by atoms with Crippen LogP contribution in [0.4, 0.5) is 5.82 Å². The Balaban J connectivity index is 2.11. The van der Waals surface area contributed by atoms with E-state index >= 15 is 0 Å². The zero-order valence-corrected chi connectivity index (χ0v) is 11.6. The van der Waals surface area contributed by atoms with Crippen molar-refractivity contribution < 1.29 is 0 Å². The first-order valence-electron chi connectivity index (χ1n) is 5.58. The number of rotatable bonds is 2. The maximum Gasteiger partial charge on any atom is 0.195 e. The fourth-order valence-electron chi connectivity index (χ4n) is 2.42. The van der Waals surface area contributed by atoms with Crippen LogP contribution in [0.15, 0.2) is 11.6 Å². The highest BCUT2D eigenvalue weighted by molar-refractivity contribution is 9.08. The van der Waals surface area contributed by atoms with E-state index in [1.54, 1.807) is 11.3 Å². The molecule has 2 aromatic heterocycles. The highest BCUT2D eigenvalue weighted by atomic mass is 79.9. The van der Waals surface area contributed by atoms with Crippen molar-refractivity contribution in [1.82, 2.24) is 9.38 Å². The molecule has 0 radical (unpaired) electrons. The first-order chi connectivity index (χ1) is 7.81. The van der Waals surface area contributed by atoms with Gasteiger partial charge in [-0.15, -0.1) is 11.3 Å². The Morgan fingerprint density at radius 2 is 2.50 bits per heavy atom. The van der Waals surface area contributed by atoms with Crippen LogP contribution in [0.5, 0.6) is 0 Å². The smallest absolute Gasteiger partial charge is 0.195 e. The molecule has 5 heteroatoms. The Bertz CT molecular complexity index is 504. The lowest BCUT2D eigenvalue weighted by atomic mass is 10.2. The van der Waals surface area contributed by atoms with Crippen LogP contribution >= 0.6 is 27.3 Å². The first-order valence-corrected chi connectivity index (χ1v) is 7.58. The second kappa shape index (κ2) is 4.04. The molecule has 0 spiro atoms. The number of hydrogen-bond acceptors (Lipinski definition) is 3. The maximum atomic E-state index is 4.75. The van der Waals surface area contributed by atoms with Crippen molar-refractivity contribution in [2.75, 3.05) is 11.4 Å². The number of halogens is 1. The van der Waals surface area contributed by atoms with Crippen molar-refractivity contribution in [3.05, 3.63) is 17.3 Å². The summed E-state index contributed by atoms with van der Waals surface area (Å²) in [6.07, 6.45) is 4.68. The lowest BCUT2D eigenvalue weighted by molar-refractivity contribution is 0.727. The number of anilines is 1. The summed E-state index contributed by atoms with van der Waals surface area (Å²) in [5.74, 6) is 1.17. The van der Waals surface area contributed by atoms with Gasteiger partial charge < -0.3 is 4.90 Å². The molecule has 3 heterocycles. The van der Waals surface area contributed by atoms with Gasteiger partial charge in [0, 0.05) is 29.5 Å². The number of fused-ring (bicyclic) bond motifs is 1. The van der Waals surface area contributed by atoms with Crippen LogP contribution in [0.3, 0.4) is 0 Å². The first kappa shape index (κ1) is 10.6. The van der Waals surface area contributed by atoms with Gasteiger partial charge in [-0.2, -0.15) is 0 Å². The highest BCUT2D eigenvalue weighted by Crippen LogP contribution is 2.31. The number of aromatic nitrogens is 2. The Labute approximate surface area is 107 Å². The van der Waals surface area contributed by atoms with E-state index in [0.717, 1.165) is 16.8 Å². The molecule has 16 heavy (non-hydrogen) atoms. The normalized spacial score (nSPS) is 21.1. The largest absolute Gasteiger partial charge is 0.352 e. The van der Waals surface area contributed by atoms with Crippen LogP contribution in [0.2, 0.25) is 0 Å². The molecule has 1 saturated heterocycles. The predicted molar refractivity (Wildman–Crippen MR) is 71.7 cm³/mol. The molecule has 2 aromatic rings. The molecule has 1 aliphatic heterocycles. The molecule has 86 valence electrons. The number of nitrogens with zero attached hydrogens (tertiary/aromatic N) is 3. The summed E-state index contributed by atoms with van der Waals surface area (Å²) in [5.41, 5.74) is 1.28. The van der Waals surface area contributed by atoms with E-state index in [-0.39, 0.29) is 0 Å². The standard InChI is InChI=1S/C11H14BrN3S/c1-8-3-2-4-14(8)10-9(7-12)15-5-6-16-11(15)13-10/h5-6,8H,2-4,7H2,1H3.